The Bertz CT molecular complexity index is 1200. The second kappa shape index (κ2) is 11.8. The molecule has 0 amide bonds. The Hall–Kier alpha value is -3.40. The van der Waals surface area contributed by atoms with Crippen molar-refractivity contribution in [1.82, 2.24) is 25.1 Å². The Labute approximate surface area is 218 Å². The first-order chi connectivity index (χ1) is 18.4. The number of H-pyrrole nitrogens is 1. The maximum atomic E-state index is 13.1. The number of piperazine rings is 1. The highest BCUT2D eigenvalue weighted by molar-refractivity contribution is 5.49. The van der Waals surface area contributed by atoms with E-state index in [1.54, 1.807) is 10.00 Å². The minimum absolute atomic E-state index is 0.0389. The third-order valence-corrected chi connectivity index (χ3v) is 6.48. The van der Waals surface area contributed by atoms with Gasteiger partial charge >= 0.3 is 12.4 Å². The lowest BCUT2D eigenvalue weighted by Crippen LogP contribution is -2.49. The van der Waals surface area contributed by atoms with Gasteiger partial charge in [-0.25, -0.2) is 15.1 Å². The molecule has 1 atom stereocenters. The van der Waals surface area contributed by atoms with Crippen LogP contribution < -0.4 is 15.8 Å². The van der Waals surface area contributed by atoms with Gasteiger partial charge in [0.2, 0.25) is 5.95 Å². The van der Waals surface area contributed by atoms with Crippen molar-refractivity contribution in [3.8, 4) is 0 Å². The average Bonchev–Trinajstić information content (AvgIpc) is 2.84. The summed E-state index contributed by atoms with van der Waals surface area (Å²) in [7, 11) is 0. The summed E-state index contributed by atoms with van der Waals surface area (Å²) in [6.45, 7) is 1.65. The number of nitrogens with one attached hydrogen (secondary N) is 2. The molecule has 1 saturated carbocycles. The molecule has 0 bridgehead atoms. The van der Waals surface area contributed by atoms with Crippen molar-refractivity contribution in [2.45, 2.75) is 37.7 Å². The molecule has 10 nitrogen and oxygen atoms in total. The molecule has 3 N–H and O–H groups in total. The van der Waals surface area contributed by atoms with Gasteiger partial charge in [0.25, 0.3) is 5.56 Å². The zero-order chi connectivity index (χ0) is 28.2. The van der Waals surface area contributed by atoms with Crippen molar-refractivity contribution in [3.05, 3.63) is 51.3 Å². The molecule has 0 radical (unpaired) electrons. The topological polar surface area (TPSA) is 120 Å². The Morgan fingerprint density at radius 2 is 1.72 bits per heavy atom. The molecule has 3 heterocycles. The van der Waals surface area contributed by atoms with Crippen molar-refractivity contribution < 1.29 is 36.2 Å². The largest absolute Gasteiger partial charge is 0.423 e. The third-order valence-electron chi connectivity index (χ3n) is 6.48. The minimum atomic E-state index is -4.86. The van der Waals surface area contributed by atoms with Gasteiger partial charge < -0.3 is 25.0 Å². The van der Waals surface area contributed by atoms with E-state index in [-0.39, 0.29) is 25.7 Å². The summed E-state index contributed by atoms with van der Waals surface area (Å²) in [6, 6.07) is 0. The zero-order valence-corrected chi connectivity index (χ0v) is 20.6. The summed E-state index contributed by atoms with van der Waals surface area (Å²) >= 11 is 0. The number of allylic oxidation sites excluding steroid dienone is 1. The minimum Gasteiger partial charge on any atom is -0.384 e. The number of aliphatic hydroxyl groups excluding tert-OH is 1. The number of nitrogens with zero attached hydrogens (tertiary/aromatic N) is 5. The molecule has 2 aromatic heterocycles. The second-order valence-corrected chi connectivity index (χ2v) is 9.09. The molecule has 2 fully saturated rings. The molecule has 2 aromatic rings. The number of hydrogen-bond donors (Lipinski definition) is 3. The average molecular weight is 564 g/mol. The fraction of sp³-hybridized carbons (Fsp3) is 0.565. The van der Waals surface area contributed by atoms with E-state index in [4.69, 9.17) is 4.74 Å². The van der Waals surface area contributed by atoms with E-state index in [1.807, 2.05) is 4.90 Å². The van der Waals surface area contributed by atoms with E-state index in [1.165, 1.54) is 0 Å². The number of rotatable bonds is 9. The molecular weight excluding hydrogens is 536 g/mol. The summed E-state index contributed by atoms with van der Waals surface area (Å²) in [4.78, 5) is 23.0. The number of halogens is 6. The van der Waals surface area contributed by atoms with E-state index >= 15 is 0 Å². The van der Waals surface area contributed by atoms with Crippen LogP contribution in [0, 0.1) is 0 Å². The molecule has 2 aliphatic rings. The van der Waals surface area contributed by atoms with Crippen LogP contribution >= 0.6 is 0 Å². The van der Waals surface area contributed by atoms with Crippen LogP contribution in [0.2, 0.25) is 0 Å². The van der Waals surface area contributed by atoms with Gasteiger partial charge in [0, 0.05) is 50.8 Å². The van der Waals surface area contributed by atoms with Gasteiger partial charge in [-0.15, -0.1) is 0 Å². The van der Waals surface area contributed by atoms with Gasteiger partial charge in [-0.05, 0) is 24.8 Å². The van der Waals surface area contributed by atoms with Crippen molar-refractivity contribution in [3.63, 3.8) is 0 Å². The summed E-state index contributed by atoms with van der Waals surface area (Å²) in [5.74, 6) is 0.196. The predicted molar refractivity (Wildman–Crippen MR) is 127 cm³/mol. The van der Waals surface area contributed by atoms with Crippen LogP contribution in [0.1, 0.15) is 30.4 Å². The maximum Gasteiger partial charge on any atom is 0.423 e. The highest BCUT2D eigenvalue weighted by Crippen LogP contribution is 2.33. The van der Waals surface area contributed by atoms with Crippen LogP contribution in [0.5, 0.6) is 0 Å². The molecule has 0 spiro atoms. The molecule has 1 aliphatic carbocycles. The molecule has 39 heavy (non-hydrogen) atoms. The second-order valence-electron chi connectivity index (χ2n) is 9.09. The molecule has 214 valence electrons. The first kappa shape index (κ1) is 28.6. The standard InChI is InChI=1S/C23H27F6N7O3/c24-22(25,26)15-10-31-21(32-11-15)36-7-5-35(6-8-36)19(14-2-1-3-14)17(37)13-39-9-4-30-16-12-33-34-20(38)18(16)23(27,28)29/h10-12,17,37H,1-9,13H2,(H2,30,34,38). The van der Waals surface area contributed by atoms with Gasteiger partial charge in [0.1, 0.15) is 11.7 Å². The lowest BCUT2D eigenvalue weighted by atomic mass is 9.88. The lowest BCUT2D eigenvalue weighted by molar-refractivity contribution is -0.139. The van der Waals surface area contributed by atoms with Crippen LogP contribution in [-0.2, 0) is 17.1 Å². The number of aromatic nitrogens is 4. The third kappa shape index (κ3) is 6.98. The fourth-order valence-electron chi connectivity index (χ4n) is 4.40. The summed E-state index contributed by atoms with van der Waals surface area (Å²) in [5.41, 5.74) is -2.30. The van der Waals surface area contributed by atoms with Crippen molar-refractivity contribution in [2.75, 3.05) is 56.2 Å². The Kier molecular flexibility index (Phi) is 8.64. The molecule has 4 rings (SSSR count). The van der Waals surface area contributed by atoms with E-state index < -0.39 is 40.8 Å². The zero-order valence-electron chi connectivity index (χ0n) is 20.6. The van der Waals surface area contributed by atoms with Gasteiger partial charge in [0.05, 0.1) is 30.7 Å². The highest BCUT2D eigenvalue weighted by atomic mass is 19.4. The molecular formula is C23H27F6N7O3. The van der Waals surface area contributed by atoms with Crippen molar-refractivity contribution >= 4 is 11.6 Å². The summed E-state index contributed by atoms with van der Waals surface area (Å²) in [6.07, 6.45) is -5.33. The maximum absolute atomic E-state index is 13.1. The molecule has 1 aliphatic heterocycles. The fourth-order valence-corrected chi connectivity index (χ4v) is 4.40. The van der Waals surface area contributed by atoms with E-state index in [9.17, 15) is 36.2 Å². The highest BCUT2D eigenvalue weighted by Gasteiger charge is 2.37. The number of alkyl halides is 6. The van der Waals surface area contributed by atoms with Gasteiger partial charge in [-0.3, -0.25) is 4.79 Å². The number of anilines is 2. The van der Waals surface area contributed by atoms with Crippen LogP contribution in [0.25, 0.3) is 0 Å². The summed E-state index contributed by atoms with van der Waals surface area (Å²) < 4.78 is 83.3. The van der Waals surface area contributed by atoms with Gasteiger partial charge in [0.15, 0.2) is 0 Å². The number of aliphatic hydroxyl groups is 1. The van der Waals surface area contributed by atoms with Crippen LogP contribution in [0.15, 0.2) is 34.7 Å². The molecule has 16 heteroatoms. The Balaban J connectivity index is 1.29. The van der Waals surface area contributed by atoms with Crippen LogP contribution in [0.4, 0.5) is 38.0 Å². The monoisotopic (exact) mass is 563 g/mol. The first-order valence-corrected chi connectivity index (χ1v) is 12.2. The van der Waals surface area contributed by atoms with Gasteiger partial charge in [-0.1, -0.05) is 0 Å². The first-order valence-electron chi connectivity index (χ1n) is 12.2. The van der Waals surface area contributed by atoms with E-state index in [2.05, 4.69) is 20.4 Å². The van der Waals surface area contributed by atoms with E-state index in [0.29, 0.717) is 26.2 Å². The Morgan fingerprint density at radius 1 is 1.05 bits per heavy atom. The molecule has 1 unspecified atom stereocenters. The smallest absolute Gasteiger partial charge is 0.384 e. The lowest BCUT2D eigenvalue weighted by Gasteiger charge is -2.41. The van der Waals surface area contributed by atoms with Crippen LogP contribution in [-0.4, -0.2) is 82.2 Å². The normalized spacial score (nSPS) is 17.2. The number of aromatic amines is 1. The predicted octanol–water partition coefficient (Wildman–Crippen LogP) is 2.65. The SMILES string of the molecule is O=c1[nH]ncc(NCCOCC(O)C(=C2CCC2)N2CCN(c3ncc(C(F)(F)F)cn3)CC2)c1C(F)(F)F. The number of hydrogen-bond acceptors (Lipinski definition) is 9. The molecule has 1 saturated heterocycles. The summed E-state index contributed by atoms with van der Waals surface area (Å²) in [5, 5.41) is 18.5. The number of ether oxygens (including phenoxy) is 1. The Morgan fingerprint density at radius 3 is 2.28 bits per heavy atom. The van der Waals surface area contributed by atoms with Crippen molar-refractivity contribution in [2.24, 2.45) is 0 Å². The molecule has 0 aromatic carbocycles. The quantitative estimate of drug-likeness (QED) is 0.313. The van der Waals surface area contributed by atoms with Crippen LogP contribution in [0.3, 0.4) is 0 Å². The van der Waals surface area contributed by atoms with Crippen molar-refractivity contribution in [1.29, 1.82) is 0 Å². The van der Waals surface area contributed by atoms with Gasteiger partial charge in [-0.2, -0.15) is 31.4 Å². The van der Waals surface area contributed by atoms with E-state index in [0.717, 1.165) is 49.1 Å².